The molecule has 0 unspecified atom stereocenters. The van der Waals surface area contributed by atoms with Crippen LogP contribution in [0.15, 0.2) is 28.8 Å². The van der Waals surface area contributed by atoms with Crippen LogP contribution >= 0.6 is 10.7 Å². The molecule has 0 radical (unpaired) electrons. The Balaban J connectivity index is 2.47. The third-order valence-corrected chi connectivity index (χ3v) is 3.39. The first-order chi connectivity index (χ1) is 8.38. The Morgan fingerprint density at radius 3 is 2.67 bits per heavy atom. The summed E-state index contributed by atoms with van der Waals surface area (Å²) in [5, 5.41) is 3.61. The van der Waals surface area contributed by atoms with Gasteiger partial charge in [0.1, 0.15) is 17.3 Å². The predicted molar refractivity (Wildman–Crippen MR) is 65.1 cm³/mol. The van der Waals surface area contributed by atoms with Crippen molar-refractivity contribution < 1.29 is 17.3 Å². The van der Waals surface area contributed by atoms with E-state index in [1.54, 1.807) is 19.1 Å². The highest BCUT2D eigenvalue weighted by molar-refractivity contribution is 8.13. The molecule has 2 rings (SSSR count). The van der Waals surface area contributed by atoms with Crippen molar-refractivity contribution in [3.63, 3.8) is 0 Å². The zero-order chi connectivity index (χ0) is 13.3. The fraction of sp³-hybridized carbons (Fsp3) is 0.182. The number of halogens is 2. The summed E-state index contributed by atoms with van der Waals surface area (Å²) >= 11 is 0. The standard InChI is InChI=1S/C11H9ClFNO3S/c1-7-10(6-18(12,15)16)14-17-11(7)8-4-2-3-5-9(8)13/h2-5H,6H2,1H3. The molecule has 1 aromatic carbocycles. The maximum atomic E-state index is 13.6. The predicted octanol–water partition coefficient (Wildman–Crippen LogP) is 2.86. The molecule has 0 N–H and O–H groups in total. The molecule has 7 heteroatoms. The van der Waals surface area contributed by atoms with Gasteiger partial charge in [0.05, 0.1) is 5.56 Å². The van der Waals surface area contributed by atoms with E-state index in [-0.39, 0.29) is 17.0 Å². The molecule has 0 aliphatic heterocycles. The lowest BCUT2D eigenvalue weighted by molar-refractivity contribution is 0.423. The molecule has 0 aliphatic rings. The average Bonchev–Trinajstić information content (AvgIpc) is 2.59. The number of nitrogens with zero attached hydrogens (tertiary/aromatic N) is 1. The second-order valence-corrected chi connectivity index (χ2v) is 6.52. The summed E-state index contributed by atoms with van der Waals surface area (Å²) in [7, 11) is 1.42. The molecule has 0 fully saturated rings. The van der Waals surface area contributed by atoms with Gasteiger partial charge < -0.3 is 4.52 Å². The van der Waals surface area contributed by atoms with Crippen LogP contribution in [0.1, 0.15) is 11.3 Å². The quantitative estimate of drug-likeness (QED) is 0.815. The second-order valence-electron chi connectivity index (χ2n) is 3.75. The molecule has 0 spiro atoms. The maximum Gasteiger partial charge on any atom is 0.238 e. The van der Waals surface area contributed by atoms with E-state index in [0.29, 0.717) is 5.56 Å². The first kappa shape index (κ1) is 13.0. The summed E-state index contributed by atoms with van der Waals surface area (Å²) in [6, 6.07) is 6.02. The number of benzene rings is 1. The van der Waals surface area contributed by atoms with Gasteiger partial charge in [-0.15, -0.1) is 0 Å². The molecule has 0 saturated heterocycles. The van der Waals surface area contributed by atoms with Crippen molar-refractivity contribution in [2.75, 3.05) is 0 Å². The summed E-state index contributed by atoms with van der Waals surface area (Å²) < 4.78 is 40.5. The van der Waals surface area contributed by atoms with Gasteiger partial charge in [-0.1, -0.05) is 17.3 Å². The Labute approximate surface area is 108 Å². The molecule has 1 heterocycles. The summed E-state index contributed by atoms with van der Waals surface area (Å²) in [4.78, 5) is 0. The van der Waals surface area contributed by atoms with Gasteiger partial charge in [-0.05, 0) is 19.1 Å². The molecule has 4 nitrogen and oxygen atoms in total. The van der Waals surface area contributed by atoms with Crippen LogP contribution in [0.4, 0.5) is 4.39 Å². The Morgan fingerprint density at radius 1 is 1.39 bits per heavy atom. The highest BCUT2D eigenvalue weighted by Gasteiger charge is 2.20. The minimum atomic E-state index is -3.72. The minimum absolute atomic E-state index is 0.184. The zero-order valence-corrected chi connectivity index (χ0v) is 10.9. The first-order valence-electron chi connectivity index (χ1n) is 5.01. The Hall–Kier alpha value is -1.40. The van der Waals surface area contributed by atoms with Crippen molar-refractivity contribution in [1.82, 2.24) is 5.16 Å². The summed E-state index contributed by atoms with van der Waals surface area (Å²) in [6.07, 6.45) is 0. The van der Waals surface area contributed by atoms with Crippen molar-refractivity contribution in [2.24, 2.45) is 0 Å². The van der Waals surface area contributed by atoms with E-state index in [2.05, 4.69) is 5.16 Å². The molecule has 0 aliphatic carbocycles. The van der Waals surface area contributed by atoms with Crippen LogP contribution in [-0.4, -0.2) is 13.6 Å². The van der Waals surface area contributed by atoms with Crippen molar-refractivity contribution in [3.8, 4) is 11.3 Å². The third-order valence-electron chi connectivity index (χ3n) is 2.45. The summed E-state index contributed by atoms with van der Waals surface area (Å²) in [5.74, 6) is -0.696. The van der Waals surface area contributed by atoms with Gasteiger partial charge in [-0.3, -0.25) is 0 Å². The average molecular weight is 290 g/mol. The number of hydrogen-bond acceptors (Lipinski definition) is 4. The molecule has 0 saturated carbocycles. The lowest BCUT2D eigenvalue weighted by atomic mass is 10.1. The van der Waals surface area contributed by atoms with Crippen LogP contribution in [0.25, 0.3) is 11.3 Å². The van der Waals surface area contributed by atoms with Crippen molar-refractivity contribution in [2.45, 2.75) is 12.7 Å². The van der Waals surface area contributed by atoms with E-state index < -0.39 is 20.6 Å². The van der Waals surface area contributed by atoms with Crippen molar-refractivity contribution in [3.05, 3.63) is 41.3 Å². The lowest BCUT2D eigenvalue weighted by Crippen LogP contribution is -1.97. The third kappa shape index (κ3) is 2.70. The normalized spacial score (nSPS) is 11.7. The molecule has 0 amide bonds. The Kier molecular flexibility index (Phi) is 3.41. The van der Waals surface area contributed by atoms with E-state index in [1.807, 2.05) is 0 Å². The van der Waals surface area contributed by atoms with Gasteiger partial charge in [0, 0.05) is 16.2 Å². The maximum absolute atomic E-state index is 13.6. The van der Waals surface area contributed by atoms with Gasteiger partial charge >= 0.3 is 0 Å². The molecule has 1 aromatic heterocycles. The van der Waals surface area contributed by atoms with Gasteiger partial charge in [0.2, 0.25) is 9.05 Å². The molecular weight excluding hydrogens is 281 g/mol. The van der Waals surface area contributed by atoms with E-state index in [4.69, 9.17) is 15.2 Å². The highest BCUT2D eigenvalue weighted by atomic mass is 35.7. The molecule has 2 aromatic rings. The Bertz CT molecular complexity index is 681. The van der Waals surface area contributed by atoms with Crippen LogP contribution in [-0.2, 0) is 14.8 Å². The van der Waals surface area contributed by atoms with Crippen LogP contribution in [0.5, 0.6) is 0 Å². The monoisotopic (exact) mass is 289 g/mol. The first-order valence-corrected chi connectivity index (χ1v) is 7.48. The molecule has 0 bridgehead atoms. The van der Waals surface area contributed by atoms with Crippen molar-refractivity contribution >= 4 is 19.7 Å². The number of hydrogen-bond donors (Lipinski definition) is 0. The molecular formula is C11H9ClFNO3S. The van der Waals surface area contributed by atoms with E-state index in [9.17, 15) is 12.8 Å². The van der Waals surface area contributed by atoms with Gasteiger partial charge in [0.25, 0.3) is 0 Å². The lowest BCUT2D eigenvalue weighted by Gasteiger charge is -1.99. The largest absolute Gasteiger partial charge is 0.356 e. The number of aromatic nitrogens is 1. The summed E-state index contributed by atoms with van der Waals surface area (Å²) in [5.41, 5.74) is 0.883. The van der Waals surface area contributed by atoms with Gasteiger partial charge in [-0.2, -0.15) is 0 Å². The topological polar surface area (TPSA) is 60.2 Å². The van der Waals surface area contributed by atoms with Crippen LogP contribution < -0.4 is 0 Å². The van der Waals surface area contributed by atoms with E-state index in [1.165, 1.54) is 12.1 Å². The highest BCUT2D eigenvalue weighted by Crippen LogP contribution is 2.28. The smallest absolute Gasteiger partial charge is 0.238 e. The summed E-state index contributed by atoms with van der Waals surface area (Å²) in [6.45, 7) is 1.61. The van der Waals surface area contributed by atoms with E-state index >= 15 is 0 Å². The fourth-order valence-electron chi connectivity index (χ4n) is 1.56. The Morgan fingerprint density at radius 2 is 2.06 bits per heavy atom. The van der Waals surface area contributed by atoms with Crippen LogP contribution in [0.3, 0.4) is 0 Å². The molecule has 0 atom stereocenters. The van der Waals surface area contributed by atoms with Crippen LogP contribution in [0, 0.1) is 12.7 Å². The number of rotatable bonds is 3. The van der Waals surface area contributed by atoms with Gasteiger partial charge in [-0.25, -0.2) is 12.8 Å². The minimum Gasteiger partial charge on any atom is -0.356 e. The molecule has 96 valence electrons. The van der Waals surface area contributed by atoms with E-state index in [0.717, 1.165) is 0 Å². The van der Waals surface area contributed by atoms with Gasteiger partial charge in [0.15, 0.2) is 5.76 Å². The SMILES string of the molecule is Cc1c(CS(=O)(=O)Cl)noc1-c1ccccc1F. The van der Waals surface area contributed by atoms with Crippen LogP contribution in [0.2, 0.25) is 0 Å². The van der Waals surface area contributed by atoms with Crippen molar-refractivity contribution in [1.29, 1.82) is 0 Å². The molecule has 18 heavy (non-hydrogen) atoms. The second kappa shape index (κ2) is 4.70. The zero-order valence-electron chi connectivity index (χ0n) is 9.35. The fourth-order valence-corrected chi connectivity index (χ4v) is 2.47.